The van der Waals surface area contributed by atoms with Crippen LogP contribution in [0.4, 0.5) is 0 Å². The molecule has 0 heterocycles. The van der Waals surface area contributed by atoms with Gasteiger partial charge in [-0.15, -0.1) is 0 Å². The molecule has 1 aromatic carbocycles. The SMILES string of the molecule is CC(C)C(N)c1ccc(CC(=O)O)cc1. The highest BCUT2D eigenvalue weighted by atomic mass is 16.4. The van der Waals surface area contributed by atoms with E-state index in [4.69, 9.17) is 10.8 Å². The van der Waals surface area contributed by atoms with E-state index < -0.39 is 5.97 Å². The van der Waals surface area contributed by atoms with Crippen LogP contribution in [0.15, 0.2) is 24.3 Å². The minimum Gasteiger partial charge on any atom is -0.481 e. The number of nitrogens with two attached hydrogens (primary N) is 1. The van der Waals surface area contributed by atoms with E-state index in [0.717, 1.165) is 11.1 Å². The lowest BCUT2D eigenvalue weighted by molar-refractivity contribution is -0.136. The smallest absolute Gasteiger partial charge is 0.307 e. The van der Waals surface area contributed by atoms with Crippen LogP contribution in [0.25, 0.3) is 0 Å². The Labute approximate surface area is 89.9 Å². The molecule has 15 heavy (non-hydrogen) atoms. The molecule has 0 saturated carbocycles. The lowest BCUT2D eigenvalue weighted by atomic mass is 9.96. The van der Waals surface area contributed by atoms with E-state index in [1.54, 1.807) is 0 Å². The van der Waals surface area contributed by atoms with E-state index in [1.165, 1.54) is 0 Å². The zero-order chi connectivity index (χ0) is 11.4. The van der Waals surface area contributed by atoms with E-state index in [0.29, 0.717) is 5.92 Å². The van der Waals surface area contributed by atoms with Gasteiger partial charge in [-0.3, -0.25) is 4.79 Å². The highest BCUT2D eigenvalue weighted by molar-refractivity contribution is 5.70. The third-order valence-electron chi connectivity index (χ3n) is 2.44. The van der Waals surface area contributed by atoms with Gasteiger partial charge < -0.3 is 10.8 Å². The van der Waals surface area contributed by atoms with E-state index >= 15 is 0 Å². The molecule has 0 spiro atoms. The number of benzene rings is 1. The molecule has 0 radical (unpaired) electrons. The Hall–Kier alpha value is -1.35. The van der Waals surface area contributed by atoms with E-state index in [-0.39, 0.29) is 12.5 Å². The topological polar surface area (TPSA) is 63.3 Å². The Bertz CT molecular complexity index is 330. The van der Waals surface area contributed by atoms with Gasteiger partial charge in [-0.05, 0) is 17.0 Å². The molecule has 1 unspecified atom stereocenters. The first-order valence-electron chi connectivity index (χ1n) is 5.07. The second-order valence-electron chi connectivity index (χ2n) is 4.08. The van der Waals surface area contributed by atoms with Crippen molar-refractivity contribution in [1.29, 1.82) is 0 Å². The standard InChI is InChI=1S/C12H17NO2/c1-8(2)12(13)10-5-3-9(4-6-10)7-11(14)15/h3-6,8,12H,7,13H2,1-2H3,(H,14,15). The number of carboxylic acid groups (broad SMARTS) is 1. The molecule has 0 aromatic heterocycles. The summed E-state index contributed by atoms with van der Waals surface area (Å²) in [7, 11) is 0. The van der Waals surface area contributed by atoms with Crippen LogP contribution in [0, 0.1) is 5.92 Å². The Kier molecular flexibility index (Phi) is 3.86. The Balaban J connectivity index is 2.76. The molecule has 0 bridgehead atoms. The second kappa shape index (κ2) is 4.94. The first-order valence-corrected chi connectivity index (χ1v) is 5.07. The van der Waals surface area contributed by atoms with Gasteiger partial charge in [-0.2, -0.15) is 0 Å². The van der Waals surface area contributed by atoms with Crippen molar-refractivity contribution in [3.05, 3.63) is 35.4 Å². The molecule has 3 N–H and O–H groups in total. The van der Waals surface area contributed by atoms with Crippen LogP contribution in [-0.2, 0) is 11.2 Å². The number of aliphatic carboxylic acids is 1. The number of carbonyl (C=O) groups is 1. The first-order chi connectivity index (χ1) is 7.00. The fraction of sp³-hybridized carbons (Fsp3) is 0.417. The van der Waals surface area contributed by atoms with Crippen LogP contribution in [0.5, 0.6) is 0 Å². The lowest BCUT2D eigenvalue weighted by Crippen LogP contribution is -2.16. The minimum atomic E-state index is -0.809. The lowest BCUT2D eigenvalue weighted by Gasteiger charge is -2.16. The van der Waals surface area contributed by atoms with Gasteiger partial charge in [0.15, 0.2) is 0 Å². The maximum absolute atomic E-state index is 10.5. The number of rotatable bonds is 4. The number of hydrogen-bond acceptors (Lipinski definition) is 2. The second-order valence-corrected chi connectivity index (χ2v) is 4.08. The Morgan fingerprint density at radius 3 is 2.27 bits per heavy atom. The van der Waals surface area contributed by atoms with Crippen molar-refractivity contribution >= 4 is 5.97 Å². The minimum absolute atomic E-state index is 0.0175. The maximum atomic E-state index is 10.5. The van der Waals surface area contributed by atoms with Gasteiger partial charge in [-0.1, -0.05) is 38.1 Å². The van der Waals surface area contributed by atoms with Crippen molar-refractivity contribution in [3.8, 4) is 0 Å². The highest BCUT2D eigenvalue weighted by Crippen LogP contribution is 2.19. The Morgan fingerprint density at radius 2 is 1.87 bits per heavy atom. The molecule has 82 valence electrons. The maximum Gasteiger partial charge on any atom is 0.307 e. The molecule has 0 aliphatic heterocycles. The zero-order valence-electron chi connectivity index (χ0n) is 9.10. The summed E-state index contributed by atoms with van der Waals surface area (Å²) in [5.74, 6) is -0.425. The van der Waals surface area contributed by atoms with Crippen molar-refractivity contribution in [2.24, 2.45) is 11.7 Å². The van der Waals surface area contributed by atoms with Gasteiger partial charge in [0.25, 0.3) is 0 Å². The quantitative estimate of drug-likeness (QED) is 0.793. The van der Waals surface area contributed by atoms with E-state index in [2.05, 4.69) is 13.8 Å². The fourth-order valence-corrected chi connectivity index (χ4v) is 1.42. The molecule has 0 aliphatic carbocycles. The summed E-state index contributed by atoms with van der Waals surface area (Å²) in [6.45, 7) is 4.13. The fourth-order valence-electron chi connectivity index (χ4n) is 1.42. The van der Waals surface area contributed by atoms with Crippen LogP contribution in [0.2, 0.25) is 0 Å². The first kappa shape index (κ1) is 11.7. The molecule has 0 fully saturated rings. The monoisotopic (exact) mass is 207 g/mol. The molecular weight excluding hydrogens is 190 g/mol. The van der Waals surface area contributed by atoms with Crippen LogP contribution >= 0.6 is 0 Å². The number of hydrogen-bond donors (Lipinski definition) is 2. The largest absolute Gasteiger partial charge is 0.481 e. The van der Waals surface area contributed by atoms with Crippen LogP contribution < -0.4 is 5.73 Å². The number of carboxylic acids is 1. The molecular formula is C12H17NO2. The van der Waals surface area contributed by atoms with Crippen molar-refractivity contribution < 1.29 is 9.90 Å². The summed E-state index contributed by atoms with van der Waals surface area (Å²) in [5.41, 5.74) is 7.84. The summed E-state index contributed by atoms with van der Waals surface area (Å²) in [5, 5.41) is 8.61. The molecule has 3 nitrogen and oxygen atoms in total. The zero-order valence-corrected chi connectivity index (χ0v) is 9.10. The average Bonchev–Trinajstić information content (AvgIpc) is 2.17. The summed E-state index contributed by atoms with van der Waals surface area (Å²) in [6, 6.07) is 7.48. The predicted molar refractivity (Wildman–Crippen MR) is 59.5 cm³/mol. The molecule has 0 amide bonds. The summed E-state index contributed by atoms with van der Waals surface area (Å²) in [4.78, 5) is 10.5. The van der Waals surface area contributed by atoms with Crippen LogP contribution in [-0.4, -0.2) is 11.1 Å². The average molecular weight is 207 g/mol. The molecule has 1 rings (SSSR count). The van der Waals surface area contributed by atoms with Crippen molar-refractivity contribution in [1.82, 2.24) is 0 Å². The van der Waals surface area contributed by atoms with Gasteiger partial charge in [0.2, 0.25) is 0 Å². The predicted octanol–water partition coefficient (Wildman–Crippen LogP) is 1.97. The highest BCUT2D eigenvalue weighted by Gasteiger charge is 2.10. The molecule has 0 aliphatic rings. The van der Waals surface area contributed by atoms with E-state index in [9.17, 15) is 4.79 Å². The van der Waals surface area contributed by atoms with Crippen molar-refractivity contribution in [2.75, 3.05) is 0 Å². The van der Waals surface area contributed by atoms with Gasteiger partial charge in [-0.25, -0.2) is 0 Å². The molecule has 3 heteroatoms. The Morgan fingerprint density at radius 1 is 1.33 bits per heavy atom. The molecule has 1 atom stereocenters. The molecule has 1 aromatic rings. The van der Waals surface area contributed by atoms with Crippen LogP contribution in [0.3, 0.4) is 0 Å². The van der Waals surface area contributed by atoms with Crippen molar-refractivity contribution in [2.45, 2.75) is 26.3 Å². The van der Waals surface area contributed by atoms with Crippen LogP contribution in [0.1, 0.15) is 31.0 Å². The summed E-state index contributed by atoms with van der Waals surface area (Å²) >= 11 is 0. The van der Waals surface area contributed by atoms with Gasteiger partial charge in [0.05, 0.1) is 6.42 Å². The van der Waals surface area contributed by atoms with Crippen molar-refractivity contribution in [3.63, 3.8) is 0 Å². The van der Waals surface area contributed by atoms with Gasteiger partial charge in [0.1, 0.15) is 0 Å². The third kappa shape index (κ3) is 3.36. The normalized spacial score (nSPS) is 12.8. The van der Waals surface area contributed by atoms with E-state index in [1.807, 2.05) is 24.3 Å². The van der Waals surface area contributed by atoms with Gasteiger partial charge in [0, 0.05) is 6.04 Å². The molecule has 0 saturated heterocycles. The summed E-state index contributed by atoms with van der Waals surface area (Å²) < 4.78 is 0. The third-order valence-corrected chi connectivity index (χ3v) is 2.44. The van der Waals surface area contributed by atoms with Gasteiger partial charge >= 0.3 is 5.97 Å². The summed E-state index contributed by atoms with van der Waals surface area (Å²) in [6.07, 6.45) is 0.0667.